The Labute approximate surface area is 151 Å². The summed E-state index contributed by atoms with van der Waals surface area (Å²) in [6.45, 7) is 4.26. The minimum absolute atomic E-state index is 0.0793. The van der Waals surface area contributed by atoms with Crippen LogP contribution in [0.15, 0.2) is 28.7 Å². The van der Waals surface area contributed by atoms with Crippen LogP contribution in [-0.2, 0) is 19.1 Å². The summed E-state index contributed by atoms with van der Waals surface area (Å²) in [5.41, 5.74) is 1.15. The summed E-state index contributed by atoms with van der Waals surface area (Å²) in [4.78, 5) is 24.3. The Hall–Kier alpha value is -1.40. The van der Waals surface area contributed by atoms with Crippen molar-refractivity contribution >= 4 is 27.8 Å². The molecule has 6 heteroatoms. The second kappa shape index (κ2) is 8.62. The summed E-state index contributed by atoms with van der Waals surface area (Å²) < 4.78 is 11.3. The van der Waals surface area contributed by atoms with Crippen LogP contribution in [0.5, 0.6) is 0 Å². The largest absolute Gasteiger partial charge is 0.467 e. The first-order chi connectivity index (χ1) is 11.4. The van der Waals surface area contributed by atoms with Gasteiger partial charge in [-0.15, -0.1) is 0 Å². The molecule has 0 aromatic heterocycles. The molecule has 132 valence electrons. The lowest BCUT2D eigenvalue weighted by Crippen LogP contribution is -2.43. The number of hydrogen-bond donors (Lipinski definition) is 1. The van der Waals surface area contributed by atoms with Crippen molar-refractivity contribution in [3.63, 3.8) is 0 Å². The van der Waals surface area contributed by atoms with Crippen molar-refractivity contribution in [3.05, 3.63) is 34.3 Å². The zero-order chi connectivity index (χ0) is 17.7. The van der Waals surface area contributed by atoms with E-state index in [1.807, 2.05) is 38.1 Å². The molecule has 24 heavy (non-hydrogen) atoms. The molecule has 0 radical (unpaired) electrons. The van der Waals surface area contributed by atoms with E-state index < -0.39 is 12.0 Å². The summed E-state index contributed by atoms with van der Waals surface area (Å²) in [5.74, 6) is -0.382. The Balaban J connectivity index is 1.88. The molecule has 1 aliphatic rings. The van der Waals surface area contributed by atoms with Crippen LogP contribution in [0, 0.1) is 5.92 Å². The number of halogens is 1. The third kappa shape index (κ3) is 5.31. The van der Waals surface area contributed by atoms with Crippen LogP contribution >= 0.6 is 15.9 Å². The number of benzene rings is 1. The van der Waals surface area contributed by atoms with E-state index in [0.29, 0.717) is 13.0 Å². The first-order valence-electron chi connectivity index (χ1n) is 8.17. The predicted molar refractivity (Wildman–Crippen MR) is 94.6 cm³/mol. The standard InChI is InChI=1S/C18H24BrNO4/c1-11(2)24-9-8-16(18(22)23-3)20-17(21)15-10-14(15)12-4-6-13(19)7-5-12/h4-7,11,14-16H,8-10H2,1-3H3,(H,20,21)/t14-,15-,16-/m0/s1. The quantitative estimate of drug-likeness (QED) is 0.684. The van der Waals surface area contributed by atoms with Gasteiger partial charge in [-0.25, -0.2) is 4.79 Å². The molecule has 0 unspecified atom stereocenters. The normalized spacial score (nSPS) is 20.5. The van der Waals surface area contributed by atoms with Crippen molar-refractivity contribution in [2.24, 2.45) is 5.92 Å². The van der Waals surface area contributed by atoms with Crippen molar-refractivity contribution in [1.29, 1.82) is 0 Å². The van der Waals surface area contributed by atoms with Crippen molar-refractivity contribution < 1.29 is 19.1 Å². The van der Waals surface area contributed by atoms with Gasteiger partial charge < -0.3 is 14.8 Å². The molecule has 1 amide bonds. The number of esters is 1. The highest BCUT2D eigenvalue weighted by Crippen LogP contribution is 2.47. The number of rotatable bonds is 8. The Kier molecular flexibility index (Phi) is 6.80. The summed E-state index contributed by atoms with van der Waals surface area (Å²) in [5, 5.41) is 2.81. The van der Waals surface area contributed by atoms with Gasteiger partial charge in [-0.1, -0.05) is 28.1 Å². The molecule has 1 fully saturated rings. The molecule has 1 aromatic carbocycles. The van der Waals surface area contributed by atoms with Gasteiger partial charge in [0.05, 0.1) is 13.2 Å². The average molecular weight is 398 g/mol. The highest BCUT2D eigenvalue weighted by molar-refractivity contribution is 9.10. The van der Waals surface area contributed by atoms with Gasteiger partial charge in [0.2, 0.25) is 5.91 Å². The minimum atomic E-state index is -0.660. The molecular formula is C18H24BrNO4. The van der Waals surface area contributed by atoms with Gasteiger partial charge in [0.25, 0.3) is 0 Å². The highest BCUT2D eigenvalue weighted by atomic mass is 79.9. The fraction of sp³-hybridized carbons (Fsp3) is 0.556. The van der Waals surface area contributed by atoms with Crippen molar-refractivity contribution in [3.8, 4) is 0 Å². The van der Waals surface area contributed by atoms with Crippen LogP contribution in [0.25, 0.3) is 0 Å². The summed E-state index contributed by atoms with van der Waals surface area (Å²) >= 11 is 3.41. The average Bonchev–Trinajstić information content (AvgIpc) is 3.34. The first kappa shape index (κ1) is 18.9. The Bertz CT molecular complexity index is 573. The van der Waals surface area contributed by atoms with Gasteiger partial charge in [-0.05, 0) is 43.9 Å². The van der Waals surface area contributed by atoms with E-state index in [1.54, 1.807) is 0 Å². The van der Waals surface area contributed by atoms with E-state index in [4.69, 9.17) is 9.47 Å². The van der Waals surface area contributed by atoms with E-state index in [1.165, 1.54) is 7.11 Å². The maximum absolute atomic E-state index is 12.4. The molecule has 3 atom stereocenters. The van der Waals surface area contributed by atoms with E-state index in [0.717, 1.165) is 16.5 Å². The lowest BCUT2D eigenvalue weighted by molar-refractivity contribution is -0.146. The molecule has 0 spiro atoms. The summed E-state index contributed by atoms with van der Waals surface area (Å²) in [6, 6.07) is 7.34. The number of nitrogens with one attached hydrogen (secondary N) is 1. The number of carbonyl (C=O) groups excluding carboxylic acids is 2. The van der Waals surface area contributed by atoms with Gasteiger partial charge >= 0.3 is 5.97 Å². The molecule has 1 aliphatic carbocycles. The smallest absolute Gasteiger partial charge is 0.328 e. The minimum Gasteiger partial charge on any atom is -0.467 e. The number of hydrogen-bond acceptors (Lipinski definition) is 4. The third-order valence-corrected chi connectivity index (χ3v) is 4.61. The van der Waals surface area contributed by atoms with Crippen molar-refractivity contribution in [1.82, 2.24) is 5.32 Å². The lowest BCUT2D eigenvalue weighted by Gasteiger charge is -2.17. The maximum atomic E-state index is 12.4. The monoisotopic (exact) mass is 397 g/mol. The third-order valence-electron chi connectivity index (χ3n) is 4.09. The molecule has 2 rings (SSSR count). The van der Waals surface area contributed by atoms with Gasteiger partial charge in [-0.2, -0.15) is 0 Å². The van der Waals surface area contributed by atoms with Crippen LogP contribution in [0.3, 0.4) is 0 Å². The predicted octanol–water partition coefficient (Wildman–Crippen LogP) is 3.03. The molecule has 5 nitrogen and oxygen atoms in total. The molecule has 0 heterocycles. The fourth-order valence-electron chi connectivity index (χ4n) is 2.65. The van der Waals surface area contributed by atoms with Crippen molar-refractivity contribution in [2.45, 2.75) is 44.8 Å². The van der Waals surface area contributed by atoms with E-state index in [9.17, 15) is 9.59 Å². The molecule has 1 saturated carbocycles. The maximum Gasteiger partial charge on any atom is 0.328 e. The topological polar surface area (TPSA) is 64.6 Å². The second-order valence-corrected chi connectivity index (χ2v) is 7.21. The number of carbonyl (C=O) groups is 2. The fourth-order valence-corrected chi connectivity index (χ4v) is 2.92. The SMILES string of the molecule is COC(=O)[C@H](CCOC(C)C)NC(=O)[C@H]1C[C@H]1c1ccc(Br)cc1. The second-order valence-electron chi connectivity index (χ2n) is 6.29. The van der Waals surface area contributed by atoms with Gasteiger partial charge in [0.1, 0.15) is 6.04 Å². The van der Waals surface area contributed by atoms with Crippen molar-refractivity contribution in [2.75, 3.05) is 13.7 Å². The van der Waals surface area contributed by atoms with Crippen LogP contribution in [0.1, 0.15) is 38.2 Å². The zero-order valence-electron chi connectivity index (χ0n) is 14.3. The number of ether oxygens (including phenoxy) is 2. The highest BCUT2D eigenvalue weighted by Gasteiger charge is 2.44. The Morgan fingerprint density at radius 1 is 1.29 bits per heavy atom. The summed E-state index contributed by atoms with van der Waals surface area (Å²) in [6.07, 6.45) is 1.31. The van der Waals surface area contributed by atoms with Crippen LogP contribution in [0.4, 0.5) is 0 Å². The summed E-state index contributed by atoms with van der Waals surface area (Å²) in [7, 11) is 1.33. The molecule has 1 aromatic rings. The van der Waals surface area contributed by atoms with Crippen LogP contribution in [0.2, 0.25) is 0 Å². The van der Waals surface area contributed by atoms with Gasteiger partial charge in [-0.3, -0.25) is 4.79 Å². The molecule has 1 N–H and O–H groups in total. The molecule has 0 bridgehead atoms. The molecule has 0 saturated heterocycles. The van der Waals surface area contributed by atoms with Crippen LogP contribution < -0.4 is 5.32 Å². The van der Waals surface area contributed by atoms with E-state index in [2.05, 4.69) is 21.2 Å². The van der Waals surface area contributed by atoms with Crippen LogP contribution in [-0.4, -0.2) is 37.7 Å². The Morgan fingerprint density at radius 2 is 1.96 bits per heavy atom. The lowest BCUT2D eigenvalue weighted by atomic mass is 10.1. The number of amides is 1. The first-order valence-corrected chi connectivity index (χ1v) is 8.97. The number of methoxy groups -OCH3 is 1. The molecule has 0 aliphatic heterocycles. The van der Waals surface area contributed by atoms with E-state index >= 15 is 0 Å². The van der Waals surface area contributed by atoms with Gasteiger partial charge in [0, 0.05) is 23.4 Å². The zero-order valence-corrected chi connectivity index (χ0v) is 15.8. The molecular weight excluding hydrogens is 374 g/mol. The van der Waals surface area contributed by atoms with Gasteiger partial charge in [0.15, 0.2) is 0 Å². The van der Waals surface area contributed by atoms with E-state index in [-0.39, 0.29) is 23.8 Å². The Morgan fingerprint density at radius 3 is 2.54 bits per heavy atom.